The van der Waals surface area contributed by atoms with Crippen molar-refractivity contribution in [3.63, 3.8) is 0 Å². The lowest BCUT2D eigenvalue weighted by Crippen LogP contribution is -2.74. The summed E-state index contributed by atoms with van der Waals surface area (Å²) >= 11 is 0. The summed E-state index contributed by atoms with van der Waals surface area (Å²) in [6.45, 7) is 0. The van der Waals surface area contributed by atoms with Gasteiger partial charge in [0.1, 0.15) is 5.75 Å². The van der Waals surface area contributed by atoms with Crippen molar-refractivity contribution >= 4 is 41.1 Å². The first-order valence-corrected chi connectivity index (χ1v) is 11.3. The summed E-state index contributed by atoms with van der Waals surface area (Å²) in [5.74, 6) is -11.7. The molecule has 1 aromatic rings. The van der Waals surface area contributed by atoms with Crippen LogP contribution in [0, 0.1) is 23.7 Å². The SMILES string of the molecule is COC(=O)/C=C/c1ccc(O)c2c1C[C@H]1C[C@H]3[C@H](N(C)C)C(=O)C(C(N)=O)C(=O)[C@@]3(O)C(=O)C1C2=O. The summed E-state index contributed by atoms with van der Waals surface area (Å²) in [4.78, 5) is 78.6. The molecule has 0 saturated heterocycles. The van der Waals surface area contributed by atoms with Gasteiger partial charge in [0.25, 0.3) is 0 Å². The minimum atomic E-state index is -2.77. The minimum Gasteiger partial charge on any atom is -0.507 e. The Morgan fingerprint density at radius 2 is 1.83 bits per heavy atom. The topological polar surface area (TPSA) is 181 Å². The lowest BCUT2D eigenvalue weighted by Gasteiger charge is -2.52. The Morgan fingerprint density at radius 1 is 1.17 bits per heavy atom. The number of methoxy groups -OCH3 is 1. The molecule has 6 atom stereocenters. The van der Waals surface area contributed by atoms with Gasteiger partial charge in [-0.3, -0.25) is 28.9 Å². The van der Waals surface area contributed by atoms with Gasteiger partial charge >= 0.3 is 5.97 Å². The van der Waals surface area contributed by atoms with E-state index in [1.165, 1.54) is 44.3 Å². The molecule has 2 unspecified atom stereocenters. The highest BCUT2D eigenvalue weighted by Gasteiger charge is 2.69. The zero-order chi connectivity index (χ0) is 26.7. The second kappa shape index (κ2) is 8.75. The van der Waals surface area contributed by atoms with E-state index >= 15 is 0 Å². The Labute approximate surface area is 205 Å². The highest BCUT2D eigenvalue weighted by atomic mass is 16.5. The molecule has 11 heteroatoms. The highest BCUT2D eigenvalue weighted by molar-refractivity contribution is 6.32. The molecule has 0 bridgehead atoms. The van der Waals surface area contributed by atoms with Crippen LogP contribution in [0.3, 0.4) is 0 Å². The third kappa shape index (κ3) is 3.49. The van der Waals surface area contributed by atoms with Crippen molar-refractivity contribution in [2.24, 2.45) is 29.4 Å². The number of amides is 1. The van der Waals surface area contributed by atoms with Crippen molar-refractivity contribution in [3.8, 4) is 5.75 Å². The summed E-state index contributed by atoms with van der Waals surface area (Å²) in [6, 6.07) is 1.58. The third-order valence-corrected chi connectivity index (χ3v) is 7.58. The Hall–Kier alpha value is -3.70. The van der Waals surface area contributed by atoms with Crippen LogP contribution in [0.4, 0.5) is 0 Å². The number of nitrogens with zero attached hydrogens (tertiary/aromatic N) is 1. The molecule has 2 fully saturated rings. The molecule has 190 valence electrons. The number of aromatic hydroxyl groups is 1. The first-order chi connectivity index (χ1) is 16.9. The molecule has 4 rings (SSSR count). The summed E-state index contributed by atoms with van der Waals surface area (Å²) in [5.41, 5.74) is 3.22. The normalized spacial score (nSPS) is 31.8. The average molecular weight is 498 g/mol. The molecule has 2 saturated carbocycles. The van der Waals surface area contributed by atoms with Crippen LogP contribution >= 0.6 is 0 Å². The Bertz CT molecular complexity index is 1250. The summed E-state index contributed by atoms with van der Waals surface area (Å²) in [6.07, 6.45) is 2.62. The first-order valence-electron chi connectivity index (χ1n) is 11.3. The van der Waals surface area contributed by atoms with Crippen LogP contribution in [0.2, 0.25) is 0 Å². The maximum atomic E-state index is 13.7. The number of carbonyl (C=O) groups excluding carboxylic acids is 6. The van der Waals surface area contributed by atoms with Crippen LogP contribution in [0.15, 0.2) is 18.2 Å². The summed E-state index contributed by atoms with van der Waals surface area (Å²) in [7, 11) is 4.24. The summed E-state index contributed by atoms with van der Waals surface area (Å²) < 4.78 is 4.59. The lowest BCUT2D eigenvalue weighted by atomic mass is 9.52. The minimum absolute atomic E-state index is 0.0558. The number of primary amides is 1. The van der Waals surface area contributed by atoms with E-state index in [4.69, 9.17) is 5.73 Å². The van der Waals surface area contributed by atoms with Gasteiger partial charge in [0, 0.05) is 12.0 Å². The van der Waals surface area contributed by atoms with Gasteiger partial charge in [-0.05, 0) is 56.1 Å². The van der Waals surface area contributed by atoms with E-state index in [0.717, 1.165) is 6.08 Å². The van der Waals surface area contributed by atoms with Gasteiger partial charge in [0.2, 0.25) is 5.91 Å². The zero-order valence-corrected chi connectivity index (χ0v) is 19.9. The van der Waals surface area contributed by atoms with E-state index in [9.17, 15) is 39.0 Å². The van der Waals surface area contributed by atoms with E-state index in [1.807, 2.05) is 0 Å². The zero-order valence-electron chi connectivity index (χ0n) is 19.9. The van der Waals surface area contributed by atoms with Gasteiger partial charge in [-0.2, -0.15) is 0 Å². The standard InChI is InChI=1S/C25H26N2O9/c1-27(2)19-13-9-11-8-12-10(5-7-15(29)36-3)4-6-14(28)17(12)20(30)16(11)22(32)25(13,35)23(33)18(21(19)31)24(26)34/h4-7,11,13,16,18-19,28,35H,8-9H2,1-3H3,(H2,26,34)/b7-5+/t11-,13-,16?,18?,19-,25-/m0/s1. The number of phenols is 1. The van der Waals surface area contributed by atoms with Crippen LogP contribution in [0.1, 0.15) is 27.9 Å². The molecular weight excluding hydrogens is 472 g/mol. The van der Waals surface area contributed by atoms with Crippen LogP contribution in [0.25, 0.3) is 6.08 Å². The quantitative estimate of drug-likeness (QED) is 0.266. The largest absolute Gasteiger partial charge is 0.507 e. The molecule has 1 aromatic carbocycles. The molecule has 3 aliphatic rings. The number of carbonyl (C=O) groups is 6. The van der Waals surface area contributed by atoms with Crippen LogP contribution < -0.4 is 5.73 Å². The highest BCUT2D eigenvalue weighted by Crippen LogP contribution is 2.51. The number of ketones is 4. The fourth-order valence-corrected chi connectivity index (χ4v) is 6.01. The van der Waals surface area contributed by atoms with E-state index in [0.29, 0.717) is 11.1 Å². The molecule has 0 aromatic heterocycles. The number of likely N-dealkylation sites (N-methyl/N-ethyl adjacent to an activating group) is 1. The van der Waals surface area contributed by atoms with Crippen molar-refractivity contribution in [2.75, 3.05) is 21.2 Å². The van der Waals surface area contributed by atoms with Crippen molar-refractivity contribution in [1.29, 1.82) is 0 Å². The van der Waals surface area contributed by atoms with E-state index in [1.54, 1.807) is 0 Å². The van der Waals surface area contributed by atoms with Gasteiger partial charge in [0.05, 0.1) is 24.6 Å². The predicted molar refractivity (Wildman–Crippen MR) is 122 cm³/mol. The average Bonchev–Trinajstić information content (AvgIpc) is 2.80. The first kappa shape index (κ1) is 25.4. The fraction of sp³-hybridized carbons (Fsp3) is 0.440. The Balaban J connectivity index is 1.85. The second-order valence-corrected chi connectivity index (χ2v) is 9.67. The van der Waals surface area contributed by atoms with E-state index < -0.39 is 76.1 Å². The number of esters is 1. The predicted octanol–water partition coefficient (Wildman–Crippen LogP) is -0.947. The number of rotatable bonds is 4. The van der Waals surface area contributed by atoms with Crippen LogP contribution in [0.5, 0.6) is 5.75 Å². The number of benzene rings is 1. The van der Waals surface area contributed by atoms with Crippen molar-refractivity contribution in [1.82, 2.24) is 4.90 Å². The molecule has 0 spiro atoms. The fourth-order valence-electron chi connectivity index (χ4n) is 6.01. The van der Waals surface area contributed by atoms with E-state index in [-0.39, 0.29) is 18.4 Å². The van der Waals surface area contributed by atoms with Gasteiger partial charge in [-0.15, -0.1) is 0 Å². The van der Waals surface area contributed by atoms with Crippen molar-refractivity contribution in [2.45, 2.75) is 24.5 Å². The molecule has 1 amide bonds. The van der Waals surface area contributed by atoms with Gasteiger partial charge in [-0.25, -0.2) is 4.79 Å². The Kier molecular flexibility index (Phi) is 6.17. The maximum Gasteiger partial charge on any atom is 0.330 e. The van der Waals surface area contributed by atoms with Crippen molar-refractivity contribution in [3.05, 3.63) is 34.9 Å². The summed E-state index contributed by atoms with van der Waals surface area (Å²) in [5, 5.41) is 22.0. The smallest absolute Gasteiger partial charge is 0.330 e. The number of Topliss-reactive ketones (excluding diaryl/α,β-unsaturated/α-hetero) is 4. The molecule has 0 aliphatic heterocycles. The van der Waals surface area contributed by atoms with Gasteiger partial charge < -0.3 is 20.7 Å². The van der Waals surface area contributed by atoms with Crippen LogP contribution in [-0.4, -0.2) is 83.0 Å². The monoisotopic (exact) mass is 498 g/mol. The van der Waals surface area contributed by atoms with E-state index in [2.05, 4.69) is 4.74 Å². The number of phenolic OH excluding ortho intramolecular Hbond substituents is 1. The molecule has 0 radical (unpaired) electrons. The number of hydrogen-bond donors (Lipinski definition) is 3. The molecule has 3 aliphatic carbocycles. The Morgan fingerprint density at radius 3 is 2.42 bits per heavy atom. The number of hydrogen-bond acceptors (Lipinski definition) is 10. The van der Waals surface area contributed by atoms with Crippen molar-refractivity contribution < 1.29 is 43.7 Å². The molecule has 36 heavy (non-hydrogen) atoms. The lowest BCUT2D eigenvalue weighted by molar-refractivity contribution is -0.181. The van der Waals surface area contributed by atoms with Gasteiger partial charge in [-0.1, -0.05) is 6.07 Å². The number of aliphatic hydroxyl groups is 1. The molecule has 11 nitrogen and oxygen atoms in total. The van der Waals surface area contributed by atoms with Gasteiger partial charge in [0.15, 0.2) is 34.7 Å². The molecule has 4 N–H and O–H groups in total. The second-order valence-electron chi connectivity index (χ2n) is 9.67. The number of ether oxygens (including phenoxy) is 1. The molecular formula is C25H26N2O9. The number of fused-ring (bicyclic) bond motifs is 3. The number of nitrogens with two attached hydrogens (primary N) is 1. The third-order valence-electron chi connectivity index (χ3n) is 7.58. The van der Waals surface area contributed by atoms with Crippen LogP contribution in [-0.2, 0) is 35.1 Å². The maximum absolute atomic E-state index is 13.7. The molecule has 0 heterocycles.